The Morgan fingerprint density at radius 3 is 2.71 bits per heavy atom. The number of rotatable bonds is 1. The average molecular weight is 291 g/mol. The molecule has 112 valence electrons. The van der Waals surface area contributed by atoms with Gasteiger partial charge in [-0.2, -0.15) is 5.10 Å². The lowest BCUT2D eigenvalue weighted by molar-refractivity contribution is 0.545. The van der Waals surface area contributed by atoms with E-state index in [-0.39, 0.29) is 11.1 Å². The molecule has 1 aliphatic rings. The molecule has 5 heteroatoms. The van der Waals surface area contributed by atoms with Crippen LogP contribution in [-0.2, 0) is 18.4 Å². The fourth-order valence-corrected chi connectivity index (χ4v) is 2.80. The molecule has 0 aliphatic carbocycles. The summed E-state index contributed by atoms with van der Waals surface area (Å²) in [5.41, 5.74) is 3.07. The van der Waals surface area contributed by atoms with Gasteiger partial charge in [0.25, 0.3) is 0 Å². The summed E-state index contributed by atoms with van der Waals surface area (Å²) in [5.74, 6) is -0.914. The van der Waals surface area contributed by atoms with E-state index in [1.165, 1.54) is 6.07 Å². The van der Waals surface area contributed by atoms with Gasteiger partial charge in [0.2, 0.25) is 0 Å². The molecule has 2 heterocycles. The SMILES string of the molecule is CC(C)(C)c1nn(-c2cc(F)ccc2F)c2c1CNCC2. The van der Waals surface area contributed by atoms with Gasteiger partial charge in [0.1, 0.15) is 17.3 Å². The van der Waals surface area contributed by atoms with E-state index < -0.39 is 11.6 Å². The van der Waals surface area contributed by atoms with E-state index >= 15 is 0 Å². The smallest absolute Gasteiger partial charge is 0.149 e. The van der Waals surface area contributed by atoms with Crippen LogP contribution in [0, 0.1) is 11.6 Å². The summed E-state index contributed by atoms with van der Waals surface area (Å²) in [4.78, 5) is 0. The Morgan fingerprint density at radius 1 is 1.24 bits per heavy atom. The number of fused-ring (bicyclic) bond motifs is 1. The second-order valence-corrected chi connectivity index (χ2v) is 6.46. The van der Waals surface area contributed by atoms with Gasteiger partial charge in [-0.05, 0) is 12.1 Å². The maximum Gasteiger partial charge on any atom is 0.149 e. The lowest BCUT2D eigenvalue weighted by atomic mass is 9.88. The summed E-state index contributed by atoms with van der Waals surface area (Å²) in [7, 11) is 0. The highest BCUT2D eigenvalue weighted by Crippen LogP contribution is 2.31. The van der Waals surface area contributed by atoms with Crippen molar-refractivity contribution in [1.29, 1.82) is 0 Å². The highest BCUT2D eigenvalue weighted by molar-refractivity contribution is 5.41. The first kappa shape index (κ1) is 14.2. The normalized spacial score (nSPS) is 15.1. The first-order valence-corrected chi connectivity index (χ1v) is 7.15. The molecule has 0 radical (unpaired) electrons. The molecular weight excluding hydrogens is 272 g/mol. The zero-order valence-electron chi connectivity index (χ0n) is 12.5. The van der Waals surface area contributed by atoms with Crippen molar-refractivity contribution >= 4 is 0 Å². The van der Waals surface area contributed by atoms with Gasteiger partial charge in [-0.1, -0.05) is 20.8 Å². The van der Waals surface area contributed by atoms with E-state index in [1.54, 1.807) is 4.68 Å². The van der Waals surface area contributed by atoms with Gasteiger partial charge in [0.15, 0.2) is 0 Å². The van der Waals surface area contributed by atoms with E-state index in [4.69, 9.17) is 0 Å². The number of aromatic nitrogens is 2. The standard InChI is InChI=1S/C16H19F2N3/c1-16(2,3)15-11-9-19-7-6-13(11)21(20-15)14-8-10(17)4-5-12(14)18/h4-5,8,19H,6-7,9H2,1-3H3. The highest BCUT2D eigenvalue weighted by atomic mass is 19.1. The summed E-state index contributed by atoms with van der Waals surface area (Å²) in [6.45, 7) is 7.78. The molecule has 0 fully saturated rings. The van der Waals surface area contributed by atoms with Crippen LogP contribution in [-0.4, -0.2) is 16.3 Å². The van der Waals surface area contributed by atoms with Crippen molar-refractivity contribution in [1.82, 2.24) is 15.1 Å². The van der Waals surface area contributed by atoms with Crippen molar-refractivity contribution < 1.29 is 8.78 Å². The van der Waals surface area contributed by atoms with Gasteiger partial charge >= 0.3 is 0 Å². The second kappa shape index (κ2) is 4.91. The van der Waals surface area contributed by atoms with Crippen LogP contribution in [0.5, 0.6) is 0 Å². The van der Waals surface area contributed by atoms with Crippen molar-refractivity contribution in [2.45, 2.75) is 39.2 Å². The number of hydrogen-bond acceptors (Lipinski definition) is 2. The minimum absolute atomic E-state index is 0.141. The maximum absolute atomic E-state index is 14.1. The Morgan fingerprint density at radius 2 is 2.00 bits per heavy atom. The van der Waals surface area contributed by atoms with E-state index in [2.05, 4.69) is 31.2 Å². The zero-order valence-corrected chi connectivity index (χ0v) is 12.5. The minimum atomic E-state index is -0.458. The molecule has 1 aromatic carbocycles. The van der Waals surface area contributed by atoms with Crippen LogP contribution >= 0.6 is 0 Å². The zero-order chi connectivity index (χ0) is 15.2. The lowest BCUT2D eigenvalue weighted by Crippen LogP contribution is -2.26. The fourth-order valence-electron chi connectivity index (χ4n) is 2.80. The number of halogens is 2. The van der Waals surface area contributed by atoms with Crippen LogP contribution in [0.2, 0.25) is 0 Å². The molecule has 0 amide bonds. The molecule has 3 rings (SSSR count). The molecule has 1 aromatic heterocycles. The summed E-state index contributed by atoms with van der Waals surface area (Å²) in [5, 5.41) is 7.93. The quantitative estimate of drug-likeness (QED) is 0.875. The molecule has 0 spiro atoms. The Bertz CT molecular complexity index is 684. The van der Waals surface area contributed by atoms with Crippen molar-refractivity contribution in [3.63, 3.8) is 0 Å². The van der Waals surface area contributed by atoms with Crippen molar-refractivity contribution in [3.05, 3.63) is 46.8 Å². The Balaban J connectivity index is 2.24. The molecule has 21 heavy (non-hydrogen) atoms. The molecule has 0 unspecified atom stereocenters. The predicted octanol–water partition coefficient (Wildman–Crippen LogP) is 3.09. The summed E-state index contributed by atoms with van der Waals surface area (Å²) in [6, 6.07) is 3.48. The van der Waals surface area contributed by atoms with Crippen LogP contribution in [0.15, 0.2) is 18.2 Å². The number of nitrogens with one attached hydrogen (secondary N) is 1. The lowest BCUT2D eigenvalue weighted by Gasteiger charge is -2.20. The molecule has 0 saturated heterocycles. The maximum atomic E-state index is 14.1. The molecule has 1 N–H and O–H groups in total. The van der Waals surface area contributed by atoms with Gasteiger partial charge in [0.05, 0.1) is 11.4 Å². The van der Waals surface area contributed by atoms with E-state index in [0.717, 1.165) is 48.6 Å². The number of hydrogen-bond donors (Lipinski definition) is 1. The molecule has 1 aliphatic heterocycles. The third kappa shape index (κ3) is 2.46. The largest absolute Gasteiger partial charge is 0.312 e. The molecule has 2 aromatic rings. The third-order valence-electron chi connectivity index (χ3n) is 3.78. The Kier molecular flexibility index (Phi) is 3.32. The predicted molar refractivity (Wildman–Crippen MR) is 77.6 cm³/mol. The first-order chi connectivity index (χ1) is 9.88. The van der Waals surface area contributed by atoms with Gasteiger partial charge in [-0.15, -0.1) is 0 Å². The van der Waals surface area contributed by atoms with E-state index in [0.29, 0.717) is 0 Å². The van der Waals surface area contributed by atoms with Gasteiger partial charge in [0, 0.05) is 36.6 Å². The third-order valence-corrected chi connectivity index (χ3v) is 3.78. The first-order valence-electron chi connectivity index (χ1n) is 7.15. The molecule has 0 saturated carbocycles. The topological polar surface area (TPSA) is 29.9 Å². The Labute approximate surface area is 123 Å². The van der Waals surface area contributed by atoms with Gasteiger partial charge in [-0.25, -0.2) is 13.5 Å². The molecular formula is C16H19F2N3. The molecule has 3 nitrogen and oxygen atoms in total. The number of nitrogens with zero attached hydrogens (tertiary/aromatic N) is 2. The van der Waals surface area contributed by atoms with E-state index in [9.17, 15) is 8.78 Å². The van der Waals surface area contributed by atoms with E-state index in [1.807, 2.05) is 0 Å². The van der Waals surface area contributed by atoms with Crippen molar-refractivity contribution in [2.75, 3.05) is 6.54 Å². The summed E-state index contributed by atoms with van der Waals surface area (Å²) in [6.07, 6.45) is 0.758. The molecule has 0 atom stereocenters. The van der Waals surface area contributed by atoms with Gasteiger partial charge in [-0.3, -0.25) is 0 Å². The monoisotopic (exact) mass is 291 g/mol. The van der Waals surface area contributed by atoms with Crippen LogP contribution in [0.1, 0.15) is 37.7 Å². The second-order valence-electron chi connectivity index (χ2n) is 6.46. The fraction of sp³-hybridized carbons (Fsp3) is 0.438. The summed E-state index contributed by atoms with van der Waals surface area (Å²) >= 11 is 0. The van der Waals surface area contributed by atoms with Crippen LogP contribution in [0.3, 0.4) is 0 Å². The van der Waals surface area contributed by atoms with Crippen LogP contribution < -0.4 is 5.32 Å². The molecule has 0 bridgehead atoms. The van der Waals surface area contributed by atoms with Crippen molar-refractivity contribution in [3.8, 4) is 5.69 Å². The van der Waals surface area contributed by atoms with Gasteiger partial charge < -0.3 is 5.32 Å². The minimum Gasteiger partial charge on any atom is -0.312 e. The Hall–Kier alpha value is -1.75. The number of benzene rings is 1. The summed E-state index contributed by atoms with van der Waals surface area (Å²) < 4.78 is 29.2. The van der Waals surface area contributed by atoms with Crippen LogP contribution in [0.4, 0.5) is 8.78 Å². The average Bonchev–Trinajstić information content (AvgIpc) is 2.81. The van der Waals surface area contributed by atoms with Crippen LogP contribution in [0.25, 0.3) is 5.69 Å². The van der Waals surface area contributed by atoms with Crippen molar-refractivity contribution in [2.24, 2.45) is 0 Å². The highest BCUT2D eigenvalue weighted by Gasteiger charge is 2.29.